The highest BCUT2D eigenvalue weighted by Gasteiger charge is 2.29. The fraction of sp³-hybridized carbons (Fsp3) is 0.333. The van der Waals surface area contributed by atoms with Gasteiger partial charge in [0.25, 0.3) is 0 Å². The molecule has 118 valence electrons. The number of hydrogen-bond donors (Lipinski definition) is 0. The molecule has 4 heteroatoms. The van der Waals surface area contributed by atoms with E-state index >= 15 is 0 Å². The van der Waals surface area contributed by atoms with Crippen molar-refractivity contribution in [1.82, 2.24) is 0 Å². The average Bonchev–Trinajstić information content (AvgIpc) is 2.59. The highest BCUT2D eigenvalue weighted by Crippen LogP contribution is 2.52. The van der Waals surface area contributed by atoms with Crippen LogP contribution in [0.2, 0.25) is 0 Å². The first-order chi connectivity index (χ1) is 10.6. The molecule has 0 bridgehead atoms. The molecule has 0 amide bonds. The van der Waals surface area contributed by atoms with Crippen molar-refractivity contribution in [3.63, 3.8) is 0 Å². The molecule has 0 aliphatic heterocycles. The van der Waals surface area contributed by atoms with Crippen LogP contribution in [0.1, 0.15) is 31.4 Å². The van der Waals surface area contributed by atoms with Gasteiger partial charge in [-0.15, -0.1) is 0 Å². The Kier molecular flexibility index (Phi) is 6.11. The van der Waals surface area contributed by atoms with Crippen molar-refractivity contribution in [2.45, 2.75) is 32.0 Å². The molecule has 2 unspecified atom stereocenters. The maximum absolute atomic E-state index is 6.26. The van der Waals surface area contributed by atoms with Gasteiger partial charge < -0.3 is 9.47 Å². The summed E-state index contributed by atoms with van der Waals surface area (Å²) in [5, 5.41) is -0.109. The first-order valence-electron chi connectivity index (χ1n) is 7.36. The zero-order chi connectivity index (χ0) is 16.0. The van der Waals surface area contributed by atoms with Gasteiger partial charge in [-0.2, -0.15) is 0 Å². The predicted molar refractivity (Wildman–Crippen MR) is 95.6 cm³/mol. The van der Waals surface area contributed by atoms with E-state index in [-0.39, 0.29) is 13.1 Å². The molecule has 2 aromatic carbocycles. The first-order valence-corrected chi connectivity index (χ1v) is 9.37. The highest BCUT2D eigenvalue weighted by atomic mass is 35.7. The van der Waals surface area contributed by atoms with Crippen LogP contribution in [0.15, 0.2) is 48.5 Å². The van der Waals surface area contributed by atoms with E-state index in [1.165, 1.54) is 0 Å². The Hall–Kier alpha value is -1.24. The lowest BCUT2D eigenvalue weighted by Gasteiger charge is -2.29. The zero-order valence-corrected chi connectivity index (χ0v) is 15.0. The lowest BCUT2D eigenvalue weighted by atomic mass is 9.96. The van der Waals surface area contributed by atoms with Crippen molar-refractivity contribution >= 4 is 19.2 Å². The molecule has 0 saturated carbocycles. The minimum Gasteiger partial charge on any atom is -0.493 e. The molecule has 0 saturated heterocycles. The highest BCUT2D eigenvalue weighted by molar-refractivity contribution is 7.69. The van der Waals surface area contributed by atoms with E-state index in [0.29, 0.717) is 6.61 Å². The molecule has 2 aromatic rings. The van der Waals surface area contributed by atoms with Gasteiger partial charge in [0.05, 0.1) is 7.11 Å². The van der Waals surface area contributed by atoms with Gasteiger partial charge in [0.1, 0.15) is 6.61 Å². The van der Waals surface area contributed by atoms with Crippen molar-refractivity contribution in [3.8, 4) is 11.5 Å². The van der Waals surface area contributed by atoms with E-state index in [0.717, 1.165) is 29.0 Å². The second kappa shape index (κ2) is 7.85. The molecule has 0 aliphatic carbocycles. The lowest BCUT2D eigenvalue weighted by Crippen LogP contribution is -2.15. The maximum Gasteiger partial charge on any atom is 0.165 e. The predicted octanol–water partition coefficient (Wildman–Crippen LogP) is 5.73. The largest absolute Gasteiger partial charge is 0.493 e. The van der Waals surface area contributed by atoms with Gasteiger partial charge in [-0.05, 0) is 26.0 Å². The van der Waals surface area contributed by atoms with Gasteiger partial charge in [0, 0.05) is 10.7 Å². The monoisotopic (exact) mass is 336 g/mol. The molecule has 0 spiro atoms. The molecule has 22 heavy (non-hydrogen) atoms. The molecule has 0 heterocycles. The van der Waals surface area contributed by atoms with Crippen molar-refractivity contribution in [2.75, 3.05) is 7.11 Å². The summed E-state index contributed by atoms with van der Waals surface area (Å²) in [6.07, 6.45) is 0.948. The van der Waals surface area contributed by atoms with Crippen LogP contribution in [0.4, 0.5) is 0 Å². The van der Waals surface area contributed by atoms with Crippen molar-refractivity contribution in [1.29, 1.82) is 0 Å². The zero-order valence-electron chi connectivity index (χ0n) is 13.2. The molecule has 2 atom stereocenters. The van der Waals surface area contributed by atoms with Crippen LogP contribution in [0.25, 0.3) is 0 Å². The Balaban J connectivity index is 2.35. The van der Waals surface area contributed by atoms with Crippen molar-refractivity contribution in [2.24, 2.45) is 0 Å². The molecule has 0 aromatic heterocycles. The quantitative estimate of drug-likeness (QED) is 0.601. The van der Waals surface area contributed by atoms with Crippen LogP contribution >= 0.6 is 19.2 Å². The summed E-state index contributed by atoms with van der Waals surface area (Å²) in [4.78, 5) is 0. The topological polar surface area (TPSA) is 18.5 Å². The standard InChI is InChI=1S/C18H22ClO2P/c1-4-18(2,22-19)15-11-8-12-16(20-3)17(15)21-13-14-9-6-5-7-10-14/h5-12,22H,4,13H2,1-3H3. The van der Waals surface area contributed by atoms with E-state index in [1.807, 2.05) is 30.3 Å². The summed E-state index contributed by atoms with van der Waals surface area (Å²) in [7, 11) is 1.95. The Morgan fingerprint density at radius 2 is 1.82 bits per heavy atom. The Labute approximate surface area is 139 Å². The smallest absolute Gasteiger partial charge is 0.165 e. The number of hydrogen-bond acceptors (Lipinski definition) is 2. The van der Waals surface area contributed by atoms with Crippen LogP contribution in [0, 0.1) is 0 Å². The summed E-state index contributed by atoms with van der Waals surface area (Å²) in [6.45, 7) is 4.83. The van der Waals surface area contributed by atoms with Gasteiger partial charge in [-0.1, -0.05) is 67.6 Å². The number of methoxy groups -OCH3 is 1. The summed E-state index contributed by atoms with van der Waals surface area (Å²) < 4.78 is 11.6. The number of halogens is 1. The normalized spacial score (nSPS) is 14.0. The second-order valence-corrected chi connectivity index (χ2v) is 7.25. The molecule has 0 N–H and O–H groups in total. The second-order valence-electron chi connectivity index (χ2n) is 5.39. The van der Waals surface area contributed by atoms with Crippen LogP contribution in [0.3, 0.4) is 0 Å². The van der Waals surface area contributed by atoms with Gasteiger partial charge in [0.2, 0.25) is 0 Å². The average molecular weight is 337 g/mol. The SMILES string of the molecule is CCC(C)(PCl)c1cccc(OC)c1OCc1ccccc1. The van der Waals surface area contributed by atoms with E-state index in [1.54, 1.807) is 7.11 Å². The van der Waals surface area contributed by atoms with Crippen LogP contribution in [-0.4, -0.2) is 7.11 Å². The Morgan fingerprint density at radius 3 is 2.41 bits per heavy atom. The summed E-state index contributed by atoms with van der Waals surface area (Å²) in [6, 6.07) is 16.1. The van der Waals surface area contributed by atoms with Crippen LogP contribution < -0.4 is 9.47 Å². The summed E-state index contributed by atoms with van der Waals surface area (Å²) in [5.74, 6) is 1.55. The summed E-state index contributed by atoms with van der Waals surface area (Å²) in [5.41, 5.74) is 2.24. The number of ether oxygens (including phenoxy) is 2. The van der Waals surface area contributed by atoms with Gasteiger partial charge in [-0.3, -0.25) is 0 Å². The van der Waals surface area contributed by atoms with Crippen LogP contribution in [-0.2, 0) is 11.8 Å². The van der Waals surface area contributed by atoms with Gasteiger partial charge in [-0.25, -0.2) is 0 Å². The molecule has 0 aliphatic rings. The van der Waals surface area contributed by atoms with Crippen molar-refractivity contribution < 1.29 is 9.47 Å². The fourth-order valence-electron chi connectivity index (χ4n) is 2.30. The third-order valence-electron chi connectivity index (χ3n) is 3.93. The van der Waals surface area contributed by atoms with Crippen LogP contribution in [0.5, 0.6) is 11.5 Å². The third kappa shape index (κ3) is 3.74. The van der Waals surface area contributed by atoms with Crippen molar-refractivity contribution in [3.05, 3.63) is 59.7 Å². The van der Waals surface area contributed by atoms with E-state index < -0.39 is 0 Å². The molecule has 2 nitrogen and oxygen atoms in total. The number of rotatable bonds is 7. The first kappa shape index (κ1) is 17.1. The Morgan fingerprint density at radius 1 is 1.09 bits per heavy atom. The Bertz CT molecular complexity index is 597. The number of benzene rings is 2. The lowest BCUT2D eigenvalue weighted by molar-refractivity contribution is 0.278. The minimum absolute atomic E-state index is 0.109. The molecule has 0 radical (unpaired) electrons. The minimum atomic E-state index is -0.109. The molecular weight excluding hydrogens is 315 g/mol. The molecule has 2 rings (SSSR count). The third-order valence-corrected chi connectivity index (χ3v) is 6.23. The van der Waals surface area contributed by atoms with Gasteiger partial charge >= 0.3 is 0 Å². The van der Waals surface area contributed by atoms with E-state index in [9.17, 15) is 0 Å². The maximum atomic E-state index is 6.26. The van der Waals surface area contributed by atoms with E-state index in [4.69, 9.17) is 20.7 Å². The van der Waals surface area contributed by atoms with E-state index in [2.05, 4.69) is 32.0 Å². The summed E-state index contributed by atoms with van der Waals surface area (Å²) >= 11 is 6.26. The molecule has 0 fully saturated rings. The fourth-order valence-corrected chi connectivity index (χ4v) is 3.44. The van der Waals surface area contributed by atoms with Gasteiger partial charge in [0.15, 0.2) is 11.5 Å². The molecular formula is C18H22ClO2P. The number of para-hydroxylation sites is 1.